The van der Waals surface area contributed by atoms with Crippen LogP contribution in [0.15, 0.2) is 0 Å². The van der Waals surface area contributed by atoms with Gasteiger partial charge in [-0.05, 0) is 26.0 Å². The van der Waals surface area contributed by atoms with E-state index in [0.29, 0.717) is 0 Å². The summed E-state index contributed by atoms with van der Waals surface area (Å²) in [6.07, 6.45) is -0.570. The first-order valence-electron chi connectivity index (χ1n) is 5.40. The van der Waals surface area contributed by atoms with Crippen LogP contribution >= 0.6 is 0 Å². The molecular formula is C10H17N5O3. The first-order chi connectivity index (χ1) is 8.19. The number of rotatable bonds is 3. The predicted molar refractivity (Wildman–Crippen MR) is 62.0 cm³/mol. The van der Waals surface area contributed by atoms with Crippen LogP contribution in [0.2, 0.25) is 0 Å². The maximum atomic E-state index is 11.7. The number of nitrogens with zero attached hydrogens (tertiary/aromatic N) is 5. The highest BCUT2D eigenvalue weighted by Crippen LogP contribution is 2.09. The first-order valence-corrected chi connectivity index (χ1v) is 5.40. The van der Waals surface area contributed by atoms with Crippen molar-refractivity contribution in [3.63, 3.8) is 0 Å². The zero-order chi connectivity index (χ0) is 13.9. The molecule has 1 rings (SSSR count). The maximum absolute atomic E-state index is 11.7. The second-order valence-electron chi connectivity index (χ2n) is 4.86. The Hall–Kier alpha value is -1.99. The van der Waals surface area contributed by atoms with Crippen LogP contribution in [0.4, 0.5) is 4.79 Å². The van der Waals surface area contributed by atoms with Crippen molar-refractivity contribution in [1.29, 1.82) is 0 Å². The lowest BCUT2D eigenvalue weighted by Crippen LogP contribution is -2.37. The first kappa shape index (κ1) is 14.1. The van der Waals surface area contributed by atoms with E-state index in [4.69, 9.17) is 4.74 Å². The normalized spacial score (nSPS) is 11.2. The summed E-state index contributed by atoms with van der Waals surface area (Å²) in [7, 11) is 3.03. The molecule has 0 saturated carbocycles. The van der Waals surface area contributed by atoms with Gasteiger partial charge in [0.1, 0.15) is 5.60 Å². The van der Waals surface area contributed by atoms with Gasteiger partial charge in [-0.2, -0.15) is 4.80 Å². The zero-order valence-corrected chi connectivity index (χ0v) is 11.2. The van der Waals surface area contributed by atoms with Crippen LogP contribution in [0.5, 0.6) is 0 Å². The monoisotopic (exact) mass is 255 g/mol. The fraction of sp³-hybridized carbons (Fsp3) is 0.700. The Kier molecular flexibility index (Phi) is 4.00. The Morgan fingerprint density at radius 2 is 2.00 bits per heavy atom. The average molecular weight is 255 g/mol. The minimum atomic E-state index is -0.598. The Morgan fingerprint density at radius 3 is 2.44 bits per heavy atom. The number of Topliss-reactive ketones (excluding diaryl/α,β-unsaturated/α-hetero) is 1. The van der Waals surface area contributed by atoms with Gasteiger partial charge in [-0.15, -0.1) is 10.2 Å². The van der Waals surface area contributed by atoms with Gasteiger partial charge >= 0.3 is 6.09 Å². The Labute approximate surface area is 105 Å². The second-order valence-corrected chi connectivity index (χ2v) is 4.86. The molecule has 8 nitrogen and oxygen atoms in total. The molecule has 0 aliphatic heterocycles. The number of tetrazole rings is 1. The molecule has 0 aliphatic rings. The number of hydrogen-bond acceptors (Lipinski definition) is 6. The van der Waals surface area contributed by atoms with Crippen molar-refractivity contribution in [3.05, 3.63) is 5.82 Å². The smallest absolute Gasteiger partial charge is 0.410 e. The molecule has 0 saturated heterocycles. The van der Waals surface area contributed by atoms with Gasteiger partial charge in [0.15, 0.2) is 0 Å². The van der Waals surface area contributed by atoms with Gasteiger partial charge in [0.05, 0.1) is 13.6 Å². The van der Waals surface area contributed by atoms with E-state index in [1.54, 1.807) is 27.8 Å². The third-order valence-corrected chi connectivity index (χ3v) is 1.84. The van der Waals surface area contributed by atoms with E-state index in [2.05, 4.69) is 15.4 Å². The number of aryl methyl sites for hydroxylation is 1. The summed E-state index contributed by atoms with van der Waals surface area (Å²) in [4.78, 5) is 25.7. The molecule has 1 amide bonds. The molecule has 100 valence electrons. The summed E-state index contributed by atoms with van der Waals surface area (Å²) in [5, 5.41) is 10.9. The molecule has 0 aliphatic carbocycles. The number of likely N-dealkylation sites (N-methyl/N-ethyl adjacent to an activating group) is 1. The van der Waals surface area contributed by atoms with E-state index < -0.39 is 17.5 Å². The SMILES string of the molecule is CN(CC(=O)c1nnn(C)n1)C(=O)OC(C)(C)C. The molecule has 0 spiro atoms. The Balaban J connectivity index is 2.57. The third-order valence-electron chi connectivity index (χ3n) is 1.84. The highest BCUT2D eigenvalue weighted by molar-refractivity contribution is 5.95. The summed E-state index contributed by atoms with van der Waals surface area (Å²) in [6, 6.07) is 0. The minimum absolute atomic E-state index is 0.0205. The largest absolute Gasteiger partial charge is 0.444 e. The van der Waals surface area contributed by atoms with E-state index >= 15 is 0 Å². The summed E-state index contributed by atoms with van der Waals surface area (Å²) in [5.74, 6) is -0.413. The van der Waals surface area contributed by atoms with Crippen molar-refractivity contribution in [2.75, 3.05) is 13.6 Å². The fourth-order valence-electron chi connectivity index (χ4n) is 1.09. The van der Waals surface area contributed by atoms with E-state index in [1.165, 1.54) is 16.7 Å². The molecule has 18 heavy (non-hydrogen) atoms. The van der Waals surface area contributed by atoms with E-state index in [-0.39, 0.29) is 12.4 Å². The molecular weight excluding hydrogens is 238 g/mol. The standard InChI is InChI=1S/C10H17N5O3/c1-10(2,3)18-9(17)14(4)6-7(16)8-11-13-15(5)12-8/h6H2,1-5H3. The topological polar surface area (TPSA) is 90.2 Å². The summed E-state index contributed by atoms with van der Waals surface area (Å²) in [5.41, 5.74) is -0.598. The Bertz CT molecular complexity index is 449. The van der Waals surface area contributed by atoms with Gasteiger partial charge in [-0.25, -0.2) is 4.79 Å². The van der Waals surface area contributed by atoms with Crippen LogP contribution in [-0.2, 0) is 11.8 Å². The van der Waals surface area contributed by atoms with Gasteiger partial charge in [-0.1, -0.05) is 0 Å². The van der Waals surface area contributed by atoms with Crippen LogP contribution in [0, 0.1) is 0 Å². The lowest BCUT2D eigenvalue weighted by atomic mass is 10.2. The maximum Gasteiger partial charge on any atom is 0.410 e. The zero-order valence-electron chi connectivity index (χ0n) is 11.2. The number of hydrogen-bond donors (Lipinski definition) is 0. The molecule has 0 N–H and O–H groups in total. The second kappa shape index (κ2) is 5.11. The molecule has 0 bridgehead atoms. The van der Waals surface area contributed by atoms with Crippen molar-refractivity contribution >= 4 is 11.9 Å². The number of ether oxygens (including phenoxy) is 1. The van der Waals surface area contributed by atoms with Crippen LogP contribution in [0.25, 0.3) is 0 Å². The molecule has 1 aromatic rings. The quantitative estimate of drug-likeness (QED) is 0.719. The molecule has 0 radical (unpaired) electrons. The van der Waals surface area contributed by atoms with E-state index in [9.17, 15) is 9.59 Å². The Morgan fingerprint density at radius 1 is 1.39 bits per heavy atom. The number of carbonyl (C=O) groups excluding carboxylic acids is 2. The van der Waals surface area contributed by atoms with Crippen molar-refractivity contribution in [2.45, 2.75) is 26.4 Å². The van der Waals surface area contributed by atoms with Crippen LogP contribution in [0.3, 0.4) is 0 Å². The van der Waals surface area contributed by atoms with Gasteiger partial charge in [-0.3, -0.25) is 4.79 Å². The number of carbonyl (C=O) groups is 2. The van der Waals surface area contributed by atoms with Crippen molar-refractivity contribution < 1.29 is 14.3 Å². The van der Waals surface area contributed by atoms with Gasteiger partial charge in [0, 0.05) is 7.05 Å². The van der Waals surface area contributed by atoms with Crippen LogP contribution in [0.1, 0.15) is 31.4 Å². The minimum Gasteiger partial charge on any atom is -0.444 e. The molecule has 1 heterocycles. The van der Waals surface area contributed by atoms with Gasteiger partial charge in [0.25, 0.3) is 0 Å². The van der Waals surface area contributed by atoms with E-state index in [0.717, 1.165) is 0 Å². The van der Waals surface area contributed by atoms with Gasteiger partial charge in [0.2, 0.25) is 11.6 Å². The predicted octanol–water partition coefficient (Wildman–Crippen LogP) is 0.260. The lowest BCUT2D eigenvalue weighted by Gasteiger charge is -2.23. The highest BCUT2D eigenvalue weighted by atomic mass is 16.6. The molecule has 0 unspecified atom stereocenters. The number of amides is 1. The van der Waals surface area contributed by atoms with Crippen molar-refractivity contribution in [1.82, 2.24) is 25.1 Å². The molecule has 8 heteroatoms. The number of ketones is 1. The van der Waals surface area contributed by atoms with Crippen molar-refractivity contribution in [3.8, 4) is 0 Å². The molecule has 1 aromatic heterocycles. The highest BCUT2D eigenvalue weighted by Gasteiger charge is 2.22. The summed E-state index contributed by atoms with van der Waals surface area (Å²) < 4.78 is 5.11. The lowest BCUT2D eigenvalue weighted by molar-refractivity contribution is 0.0294. The van der Waals surface area contributed by atoms with Crippen LogP contribution < -0.4 is 0 Å². The number of aromatic nitrogens is 4. The van der Waals surface area contributed by atoms with Gasteiger partial charge < -0.3 is 9.64 Å². The fourth-order valence-corrected chi connectivity index (χ4v) is 1.09. The third kappa shape index (κ3) is 4.11. The molecule has 0 atom stereocenters. The van der Waals surface area contributed by atoms with Crippen LogP contribution in [-0.4, -0.2) is 56.2 Å². The van der Waals surface area contributed by atoms with Crippen molar-refractivity contribution in [2.24, 2.45) is 7.05 Å². The summed E-state index contributed by atoms with van der Waals surface area (Å²) >= 11 is 0. The van der Waals surface area contributed by atoms with E-state index in [1.807, 2.05) is 0 Å². The molecule has 0 aromatic carbocycles. The molecule has 0 fully saturated rings. The average Bonchev–Trinajstić information content (AvgIpc) is 2.62. The summed E-state index contributed by atoms with van der Waals surface area (Å²) in [6.45, 7) is 5.11.